The van der Waals surface area contributed by atoms with Crippen LogP contribution >= 0.6 is 0 Å². The molecular weight excluding hydrogens is 360 g/mol. The van der Waals surface area contributed by atoms with Crippen molar-refractivity contribution in [3.8, 4) is 0 Å². The van der Waals surface area contributed by atoms with E-state index in [1.54, 1.807) is 12.3 Å². The summed E-state index contributed by atoms with van der Waals surface area (Å²) < 4.78 is 5.41. The van der Waals surface area contributed by atoms with Crippen LogP contribution < -0.4 is 10.5 Å². The van der Waals surface area contributed by atoms with Crippen molar-refractivity contribution in [1.29, 1.82) is 0 Å². The van der Waals surface area contributed by atoms with Crippen molar-refractivity contribution in [3.05, 3.63) is 39.6 Å². The van der Waals surface area contributed by atoms with Gasteiger partial charge in [-0.2, -0.15) is 5.10 Å². The number of aromatic nitrogens is 4. The van der Waals surface area contributed by atoms with Gasteiger partial charge in [0.1, 0.15) is 5.69 Å². The van der Waals surface area contributed by atoms with E-state index < -0.39 is 0 Å². The summed E-state index contributed by atoms with van der Waals surface area (Å²) in [6.45, 7) is 4.10. The van der Waals surface area contributed by atoms with Crippen LogP contribution in [0.4, 0.5) is 5.95 Å². The summed E-state index contributed by atoms with van der Waals surface area (Å²) in [4.78, 5) is 37.2. The van der Waals surface area contributed by atoms with Gasteiger partial charge in [0.05, 0.1) is 18.9 Å². The third-order valence-corrected chi connectivity index (χ3v) is 6.41. The number of fused-ring (bicyclic) bond motifs is 2. The van der Waals surface area contributed by atoms with Crippen LogP contribution in [0.5, 0.6) is 0 Å². The Kier molecular flexibility index (Phi) is 4.19. The number of piperidine rings is 1. The van der Waals surface area contributed by atoms with Crippen molar-refractivity contribution in [2.45, 2.75) is 31.1 Å². The Bertz CT molecular complexity index is 924. The van der Waals surface area contributed by atoms with E-state index in [2.05, 4.69) is 20.1 Å². The Morgan fingerprint density at radius 3 is 2.64 bits per heavy atom. The lowest BCUT2D eigenvalue weighted by molar-refractivity contribution is 0.0657. The maximum Gasteiger partial charge on any atom is 0.271 e. The van der Waals surface area contributed by atoms with Crippen LogP contribution in [0.25, 0.3) is 0 Å². The molecule has 2 aliphatic heterocycles. The predicted octanol–water partition coefficient (Wildman–Crippen LogP) is 0.450. The van der Waals surface area contributed by atoms with Crippen molar-refractivity contribution in [1.82, 2.24) is 25.1 Å². The zero-order chi connectivity index (χ0) is 19.1. The molecule has 28 heavy (non-hydrogen) atoms. The fourth-order valence-corrected chi connectivity index (χ4v) is 4.73. The second kappa shape index (κ2) is 6.73. The number of likely N-dealkylation sites (tertiary alicyclic amines) is 1. The number of rotatable bonds is 2. The highest BCUT2D eigenvalue weighted by molar-refractivity contribution is 5.92. The molecule has 3 aliphatic rings. The molecular formula is C19H24N6O3. The molecule has 2 N–H and O–H groups in total. The number of carbonyl (C=O) groups is 1. The SMILES string of the molecule is O=C(c1ccn[nH]1)N1CCC2(CCc3c2nc(N2CCOCC2)[nH]c3=O)CC1. The molecule has 0 bridgehead atoms. The maximum atomic E-state index is 12.7. The van der Waals surface area contributed by atoms with Gasteiger partial charge in [0, 0.05) is 43.4 Å². The van der Waals surface area contributed by atoms with Gasteiger partial charge >= 0.3 is 0 Å². The highest BCUT2D eigenvalue weighted by Gasteiger charge is 2.45. The first kappa shape index (κ1) is 17.4. The molecule has 1 aliphatic carbocycles. The molecule has 4 heterocycles. The normalized spacial score (nSPS) is 21.1. The molecule has 1 amide bonds. The number of nitrogens with zero attached hydrogens (tertiary/aromatic N) is 4. The van der Waals surface area contributed by atoms with E-state index >= 15 is 0 Å². The number of carbonyl (C=O) groups excluding carboxylic acids is 1. The molecule has 2 saturated heterocycles. The molecule has 2 fully saturated rings. The molecule has 1 spiro atoms. The van der Waals surface area contributed by atoms with E-state index in [-0.39, 0.29) is 16.9 Å². The van der Waals surface area contributed by atoms with Gasteiger partial charge in [0.25, 0.3) is 11.5 Å². The van der Waals surface area contributed by atoms with Crippen molar-refractivity contribution < 1.29 is 9.53 Å². The van der Waals surface area contributed by atoms with E-state index in [4.69, 9.17) is 9.72 Å². The van der Waals surface area contributed by atoms with Gasteiger partial charge < -0.3 is 14.5 Å². The quantitative estimate of drug-likeness (QED) is 0.779. The first-order chi connectivity index (χ1) is 13.7. The summed E-state index contributed by atoms with van der Waals surface area (Å²) in [5.41, 5.74) is 2.18. The summed E-state index contributed by atoms with van der Waals surface area (Å²) in [7, 11) is 0. The summed E-state index contributed by atoms with van der Waals surface area (Å²) >= 11 is 0. The van der Waals surface area contributed by atoms with Crippen LogP contribution in [-0.2, 0) is 16.6 Å². The lowest BCUT2D eigenvalue weighted by Crippen LogP contribution is -2.45. The second-order valence-electron chi connectivity index (χ2n) is 7.86. The summed E-state index contributed by atoms with van der Waals surface area (Å²) in [5, 5.41) is 6.62. The van der Waals surface area contributed by atoms with E-state index in [0.29, 0.717) is 37.9 Å². The van der Waals surface area contributed by atoms with Crippen LogP contribution in [0.15, 0.2) is 17.1 Å². The van der Waals surface area contributed by atoms with E-state index in [9.17, 15) is 9.59 Å². The number of hydrogen-bond acceptors (Lipinski definition) is 6. The molecule has 0 atom stereocenters. The highest BCUT2D eigenvalue weighted by atomic mass is 16.5. The first-order valence-corrected chi connectivity index (χ1v) is 9.91. The molecule has 9 heteroatoms. The van der Waals surface area contributed by atoms with Gasteiger partial charge in [-0.05, 0) is 31.7 Å². The standard InChI is InChI=1S/C19H24N6O3/c26-16-13-1-3-19(15(13)21-18(22-16)25-9-11-28-12-10-25)4-7-24(8-5-19)17(27)14-2-6-20-23-14/h2,6H,1,3-5,7-12H2,(H,20,23)(H,21,22,26). The van der Waals surface area contributed by atoms with Crippen molar-refractivity contribution in [2.75, 3.05) is 44.3 Å². The number of morpholine rings is 1. The second-order valence-corrected chi connectivity index (χ2v) is 7.86. The van der Waals surface area contributed by atoms with Gasteiger partial charge in [-0.25, -0.2) is 4.98 Å². The van der Waals surface area contributed by atoms with Gasteiger partial charge in [0.15, 0.2) is 0 Å². The minimum Gasteiger partial charge on any atom is -0.378 e. The Morgan fingerprint density at radius 2 is 1.93 bits per heavy atom. The van der Waals surface area contributed by atoms with Crippen LogP contribution in [0.2, 0.25) is 0 Å². The largest absolute Gasteiger partial charge is 0.378 e. The molecule has 2 aromatic rings. The molecule has 0 radical (unpaired) electrons. The Labute approximate surface area is 162 Å². The van der Waals surface area contributed by atoms with E-state index in [1.807, 2.05) is 4.90 Å². The maximum absolute atomic E-state index is 12.7. The lowest BCUT2D eigenvalue weighted by Gasteiger charge is -2.39. The Hall–Kier alpha value is -2.68. The molecule has 9 nitrogen and oxygen atoms in total. The minimum atomic E-state index is -0.102. The summed E-state index contributed by atoms with van der Waals surface area (Å²) in [6.07, 6.45) is 4.94. The molecule has 0 aromatic carbocycles. The number of hydrogen-bond donors (Lipinski definition) is 2. The molecule has 148 valence electrons. The van der Waals surface area contributed by atoms with Crippen LogP contribution in [0.1, 0.15) is 41.0 Å². The minimum absolute atomic E-state index is 0.0145. The number of anilines is 1. The summed E-state index contributed by atoms with van der Waals surface area (Å²) in [5.74, 6) is 0.641. The Balaban J connectivity index is 1.39. The van der Waals surface area contributed by atoms with Gasteiger partial charge in [-0.3, -0.25) is 19.7 Å². The molecule has 5 rings (SSSR count). The average Bonchev–Trinajstić information content (AvgIpc) is 3.38. The number of H-pyrrole nitrogens is 2. The lowest BCUT2D eigenvalue weighted by atomic mass is 9.76. The van der Waals surface area contributed by atoms with Crippen LogP contribution in [0, 0.1) is 0 Å². The van der Waals surface area contributed by atoms with Crippen LogP contribution in [-0.4, -0.2) is 70.4 Å². The predicted molar refractivity (Wildman–Crippen MR) is 102 cm³/mol. The zero-order valence-corrected chi connectivity index (χ0v) is 15.7. The third-order valence-electron chi connectivity index (χ3n) is 6.41. The zero-order valence-electron chi connectivity index (χ0n) is 15.7. The van der Waals surface area contributed by atoms with Crippen LogP contribution in [0.3, 0.4) is 0 Å². The number of aromatic amines is 2. The molecule has 0 saturated carbocycles. The summed E-state index contributed by atoms with van der Waals surface area (Å²) in [6, 6.07) is 1.70. The average molecular weight is 384 g/mol. The topological polar surface area (TPSA) is 107 Å². The Morgan fingerprint density at radius 1 is 1.14 bits per heavy atom. The van der Waals surface area contributed by atoms with E-state index in [1.165, 1.54) is 0 Å². The fourth-order valence-electron chi connectivity index (χ4n) is 4.73. The van der Waals surface area contributed by atoms with Crippen molar-refractivity contribution in [3.63, 3.8) is 0 Å². The molecule has 2 aromatic heterocycles. The van der Waals surface area contributed by atoms with Gasteiger partial charge in [0.2, 0.25) is 5.95 Å². The number of nitrogens with one attached hydrogen (secondary N) is 2. The van der Waals surface area contributed by atoms with Crippen molar-refractivity contribution in [2.24, 2.45) is 0 Å². The number of amides is 1. The fraction of sp³-hybridized carbons (Fsp3) is 0.579. The smallest absolute Gasteiger partial charge is 0.271 e. The third kappa shape index (κ3) is 2.81. The monoisotopic (exact) mass is 384 g/mol. The first-order valence-electron chi connectivity index (χ1n) is 9.91. The van der Waals surface area contributed by atoms with Crippen molar-refractivity contribution >= 4 is 11.9 Å². The number of ether oxygens (including phenoxy) is 1. The van der Waals surface area contributed by atoms with Gasteiger partial charge in [-0.1, -0.05) is 0 Å². The molecule has 0 unspecified atom stereocenters. The highest BCUT2D eigenvalue weighted by Crippen LogP contribution is 2.44. The van der Waals surface area contributed by atoms with E-state index in [0.717, 1.165) is 50.0 Å². The van der Waals surface area contributed by atoms with Gasteiger partial charge in [-0.15, -0.1) is 0 Å².